The Bertz CT molecular complexity index is 193. The summed E-state index contributed by atoms with van der Waals surface area (Å²) in [5, 5.41) is 0. The van der Waals surface area contributed by atoms with Crippen molar-refractivity contribution in [3.63, 3.8) is 0 Å². The summed E-state index contributed by atoms with van der Waals surface area (Å²) in [5.41, 5.74) is 1.23. The average molecular weight is 149 g/mol. The first-order chi connectivity index (χ1) is 5.34. The third-order valence-electron chi connectivity index (χ3n) is 1.64. The number of rotatable bonds is 3. The molecule has 1 heteroatoms. The summed E-state index contributed by atoms with van der Waals surface area (Å²) < 4.78 is 5.00. The highest BCUT2D eigenvalue weighted by Crippen LogP contribution is 2.13. The number of ether oxygens (including phenoxy) is 1. The van der Waals surface area contributed by atoms with Gasteiger partial charge in [0.25, 0.3) is 0 Å². The van der Waals surface area contributed by atoms with Crippen molar-refractivity contribution in [2.24, 2.45) is 0 Å². The van der Waals surface area contributed by atoms with Gasteiger partial charge in [-0.15, -0.1) is 0 Å². The van der Waals surface area contributed by atoms with E-state index in [0.717, 1.165) is 0 Å². The highest BCUT2D eigenvalue weighted by atomic mass is 16.5. The molecule has 0 N–H and O–H groups in total. The Morgan fingerprint density at radius 1 is 1.36 bits per heavy atom. The maximum Gasteiger partial charge on any atom is 0.0530 e. The topological polar surface area (TPSA) is 9.23 Å². The summed E-state index contributed by atoms with van der Waals surface area (Å²) in [4.78, 5) is 0. The van der Waals surface area contributed by atoms with Gasteiger partial charge in [0.15, 0.2) is 0 Å². The van der Waals surface area contributed by atoms with Gasteiger partial charge in [-0.3, -0.25) is 0 Å². The van der Waals surface area contributed by atoms with Crippen LogP contribution >= 0.6 is 0 Å². The van der Waals surface area contributed by atoms with Gasteiger partial charge >= 0.3 is 0 Å². The summed E-state index contributed by atoms with van der Waals surface area (Å²) >= 11 is 0. The summed E-state index contributed by atoms with van der Waals surface area (Å²) in [6.07, 6.45) is 0. The molecule has 0 aromatic heterocycles. The lowest BCUT2D eigenvalue weighted by atomic mass is 10.0. The maximum absolute atomic E-state index is 5.00. The maximum atomic E-state index is 5.00. The SMILES string of the molecule is [CH2]C(COC)c1ccccc1. The molecule has 59 valence electrons. The second-order valence-electron chi connectivity index (χ2n) is 2.56. The predicted octanol–water partition coefficient (Wildman–Crippen LogP) is 2.25. The summed E-state index contributed by atoms with van der Waals surface area (Å²) in [6, 6.07) is 10.2. The van der Waals surface area contributed by atoms with Crippen LogP contribution in [0.5, 0.6) is 0 Å². The summed E-state index contributed by atoms with van der Waals surface area (Å²) in [6.45, 7) is 4.66. The normalized spacial score (nSPS) is 12.9. The summed E-state index contributed by atoms with van der Waals surface area (Å²) in [7, 11) is 1.70. The standard InChI is InChI=1S/C10H13O/c1-9(8-11-2)10-6-4-3-5-7-10/h3-7,9H,1,8H2,2H3. The van der Waals surface area contributed by atoms with Crippen LogP contribution in [-0.4, -0.2) is 13.7 Å². The molecule has 0 spiro atoms. The molecule has 1 atom stereocenters. The van der Waals surface area contributed by atoms with Crippen LogP contribution in [0.1, 0.15) is 11.5 Å². The summed E-state index contributed by atoms with van der Waals surface area (Å²) in [5.74, 6) is 0.251. The Morgan fingerprint density at radius 3 is 2.55 bits per heavy atom. The smallest absolute Gasteiger partial charge is 0.0530 e. The highest BCUT2D eigenvalue weighted by molar-refractivity contribution is 5.20. The first-order valence-electron chi connectivity index (χ1n) is 3.71. The van der Waals surface area contributed by atoms with Gasteiger partial charge in [0.1, 0.15) is 0 Å². The van der Waals surface area contributed by atoms with Crippen molar-refractivity contribution in [1.29, 1.82) is 0 Å². The molecule has 0 heterocycles. The molecule has 0 saturated carbocycles. The van der Waals surface area contributed by atoms with E-state index in [-0.39, 0.29) is 5.92 Å². The van der Waals surface area contributed by atoms with Gasteiger partial charge in [0.2, 0.25) is 0 Å². The zero-order chi connectivity index (χ0) is 8.10. The van der Waals surface area contributed by atoms with Gasteiger partial charge in [0, 0.05) is 13.0 Å². The molecule has 1 aromatic carbocycles. The minimum Gasteiger partial charge on any atom is -0.384 e. The number of methoxy groups -OCH3 is 1. The van der Waals surface area contributed by atoms with E-state index in [9.17, 15) is 0 Å². The largest absolute Gasteiger partial charge is 0.384 e. The van der Waals surface area contributed by atoms with Crippen molar-refractivity contribution < 1.29 is 4.74 Å². The fourth-order valence-electron chi connectivity index (χ4n) is 1.02. The first kappa shape index (κ1) is 8.28. The average Bonchev–Trinajstić information content (AvgIpc) is 2.07. The number of hydrogen-bond donors (Lipinski definition) is 0. The van der Waals surface area contributed by atoms with E-state index in [0.29, 0.717) is 6.61 Å². The van der Waals surface area contributed by atoms with Gasteiger partial charge in [-0.05, 0) is 12.5 Å². The van der Waals surface area contributed by atoms with E-state index in [1.165, 1.54) is 5.56 Å². The fourth-order valence-corrected chi connectivity index (χ4v) is 1.02. The lowest BCUT2D eigenvalue weighted by Gasteiger charge is -2.08. The predicted molar refractivity (Wildman–Crippen MR) is 46.4 cm³/mol. The van der Waals surface area contributed by atoms with Crippen molar-refractivity contribution in [3.05, 3.63) is 42.8 Å². The van der Waals surface area contributed by atoms with Crippen LogP contribution in [0.3, 0.4) is 0 Å². The molecule has 0 aliphatic carbocycles. The van der Waals surface area contributed by atoms with Gasteiger partial charge in [-0.2, -0.15) is 0 Å². The molecule has 1 aromatic rings. The Hall–Kier alpha value is -0.820. The molecule has 0 amide bonds. The van der Waals surface area contributed by atoms with Crippen LogP contribution in [0.2, 0.25) is 0 Å². The van der Waals surface area contributed by atoms with E-state index in [4.69, 9.17) is 4.74 Å². The van der Waals surface area contributed by atoms with Crippen molar-refractivity contribution in [2.45, 2.75) is 5.92 Å². The van der Waals surface area contributed by atoms with Gasteiger partial charge in [-0.1, -0.05) is 30.3 Å². The second-order valence-corrected chi connectivity index (χ2v) is 2.56. The minimum absolute atomic E-state index is 0.251. The quantitative estimate of drug-likeness (QED) is 0.640. The van der Waals surface area contributed by atoms with Crippen molar-refractivity contribution >= 4 is 0 Å². The lowest BCUT2D eigenvalue weighted by Crippen LogP contribution is -2.01. The zero-order valence-electron chi connectivity index (χ0n) is 6.79. The Balaban J connectivity index is 2.61. The Kier molecular flexibility index (Phi) is 3.12. The van der Waals surface area contributed by atoms with Crippen molar-refractivity contribution in [2.75, 3.05) is 13.7 Å². The Labute approximate surface area is 68.0 Å². The molecule has 0 aliphatic heterocycles. The first-order valence-corrected chi connectivity index (χ1v) is 3.71. The molecular weight excluding hydrogens is 136 g/mol. The van der Waals surface area contributed by atoms with Crippen LogP contribution in [0.25, 0.3) is 0 Å². The Morgan fingerprint density at radius 2 is 2.00 bits per heavy atom. The van der Waals surface area contributed by atoms with Crippen LogP contribution in [-0.2, 0) is 4.74 Å². The van der Waals surface area contributed by atoms with E-state index in [1.54, 1.807) is 7.11 Å². The second kappa shape index (κ2) is 4.14. The van der Waals surface area contributed by atoms with Crippen LogP contribution in [0.15, 0.2) is 30.3 Å². The third-order valence-corrected chi connectivity index (χ3v) is 1.64. The van der Waals surface area contributed by atoms with E-state index in [2.05, 4.69) is 19.1 Å². The van der Waals surface area contributed by atoms with E-state index in [1.807, 2.05) is 18.2 Å². The van der Waals surface area contributed by atoms with Gasteiger partial charge in [0.05, 0.1) is 6.61 Å². The van der Waals surface area contributed by atoms with Crippen molar-refractivity contribution in [1.82, 2.24) is 0 Å². The molecule has 0 bridgehead atoms. The van der Waals surface area contributed by atoms with Crippen LogP contribution < -0.4 is 0 Å². The lowest BCUT2D eigenvalue weighted by molar-refractivity contribution is 0.190. The van der Waals surface area contributed by atoms with E-state index < -0.39 is 0 Å². The molecule has 1 unspecified atom stereocenters. The van der Waals surface area contributed by atoms with Crippen LogP contribution in [0, 0.1) is 6.92 Å². The molecule has 0 saturated heterocycles. The zero-order valence-corrected chi connectivity index (χ0v) is 6.79. The molecule has 1 nitrogen and oxygen atoms in total. The molecule has 0 fully saturated rings. The molecule has 1 rings (SSSR count). The molecule has 0 aliphatic rings. The van der Waals surface area contributed by atoms with Crippen LogP contribution in [0.4, 0.5) is 0 Å². The highest BCUT2D eigenvalue weighted by Gasteiger charge is 2.02. The number of hydrogen-bond acceptors (Lipinski definition) is 1. The van der Waals surface area contributed by atoms with Crippen molar-refractivity contribution in [3.8, 4) is 0 Å². The number of benzene rings is 1. The molecule has 1 radical (unpaired) electrons. The fraction of sp³-hybridized carbons (Fsp3) is 0.300. The monoisotopic (exact) mass is 149 g/mol. The van der Waals surface area contributed by atoms with E-state index >= 15 is 0 Å². The molecule has 11 heavy (non-hydrogen) atoms. The van der Waals surface area contributed by atoms with Gasteiger partial charge in [-0.25, -0.2) is 0 Å². The van der Waals surface area contributed by atoms with Gasteiger partial charge < -0.3 is 4.74 Å². The third kappa shape index (κ3) is 2.35. The minimum atomic E-state index is 0.251. The molecular formula is C10H13O.